The van der Waals surface area contributed by atoms with Crippen LogP contribution < -0.4 is 4.74 Å². The Morgan fingerprint density at radius 1 is 1.15 bits per heavy atom. The fraction of sp³-hybridized carbons (Fsp3) is 0.200. The Balaban J connectivity index is 2.20. The van der Waals surface area contributed by atoms with E-state index in [0.717, 1.165) is 10.5 Å². The fourth-order valence-electron chi connectivity index (χ4n) is 1.83. The van der Waals surface area contributed by atoms with Crippen LogP contribution >= 0.6 is 15.9 Å². The molecule has 0 aliphatic heterocycles. The molecule has 2 aromatic carbocycles. The van der Waals surface area contributed by atoms with Crippen molar-refractivity contribution >= 4 is 15.9 Å². The summed E-state index contributed by atoms with van der Waals surface area (Å²) in [6.07, 6.45) is -0.692. The van der Waals surface area contributed by atoms with Crippen molar-refractivity contribution in [1.29, 1.82) is 0 Å². The summed E-state index contributed by atoms with van der Waals surface area (Å²) in [4.78, 5) is 0. The van der Waals surface area contributed by atoms with Gasteiger partial charge in [0.2, 0.25) is 0 Å². The lowest BCUT2D eigenvalue weighted by molar-refractivity contribution is 0.190. The van der Waals surface area contributed by atoms with Gasteiger partial charge in [0.25, 0.3) is 0 Å². The summed E-state index contributed by atoms with van der Waals surface area (Å²) >= 11 is 3.31. The Morgan fingerprint density at radius 3 is 2.40 bits per heavy atom. The molecule has 0 amide bonds. The Morgan fingerprint density at radius 2 is 1.80 bits per heavy atom. The molecule has 1 N–H and O–H groups in total. The maximum Gasteiger partial charge on any atom is 0.126 e. The number of rotatable bonds is 4. The molecule has 2 nitrogen and oxygen atoms in total. The predicted molar refractivity (Wildman–Crippen MR) is 75.5 cm³/mol. The van der Waals surface area contributed by atoms with Crippen LogP contribution in [0.2, 0.25) is 0 Å². The third kappa shape index (κ3) is 3.77. The fourth-order valence-corrected chi connectivity index (χ4v) is 2.17. The molecule has 0 aliphatic rings. The molecule has 0 fully saturated rings. The van der Waals surface area contributed by atoms with Gasteiger partial charge in [0.05, 0.1) is 6.10 Å². The number of hydrogen-bond donors (Lipinski definition) is 1. The van der Waals surface area contributed by atoms with Gasteiger partial charge >= 0.3 is 0 Å². The number of aliphatic hydroxyl groups excluding tert-OH is 1. The summed E-state index contributed by atoms with van der Waals surface area (Å²) in [7, 11) is 0. The normalized spacial score (nSPS) is 12.2. The molecule has 0 aromatic heterocycles. The summed E-state index contributed by atoms with van der Waals surface area (Å²) in [6, 6.07) is 8.46. The van der Waals surface area contributed by atoms with E-state index in [1.807, 2.05) is 0 Å². The second kappa shape index (κ2) is 6.33. The van der Waals surface area contributed by atoms with Gasteiger partial charge in [-0.25, -0.2) is 8.78 Å². The van der Waals surface area contributed by atoms with Gasteiger partial charge in [0, 0.05) is 16.1 Å². The van der Waals surface area contributed by atoms with Gasteiger partial charge in [0.1, 0.15) is 24.0 Å². The zero-order chi connectivity index (χ0) is 14.7. The molecule has 2 aromatic rings. The molecule has 0 aliphatic carbocycles. The smallest absolute Gasteiger partial charge is 0.126 e. The average Bonchev–Trinajstić information content (AvgIpc) is 2.35. The molecule has 0 bridgehead atoms. The number of hydrogen-bond acceptors (Lipinski definition) is 2. The summed E-state index contributed by atoms with van der Waals surface area (Å²) in [5, 5.41) is 9.67. The third-order valence-corrected chi connectivity index (χ3v) is 3.24. The topological polar surface area (TPSA) is 29.5 Å². The molecule has 106 valence electrons. The van der Waals surface area contributed by atoms with E-state index in [2.05, 4.69) is 15.9 Å². The molecule has 0 saturated carbocycles. The van der Waals surface area contributed by atoms with Crippen molar-refractivity contribution in [3.8, 4) is 5.75 Å². The zero-order valence-electron chi connectivity index (χ0n) is 10.7. The van der Waals surface area contributed by atoms with E-state index >= 15 is 0 Å². The molecule has 0 heterocycles. The average molecular weight is 343 g/mol. The SMILES string of the molecule is CC(O)c1ccc(Br)cc1OCc1cc(F)cc(F)c1. The quantitative estimate of drug-likeness (QED) is 0.894. The highest BCUT2D eigenvalue weighted by Crippen LogP contribution is 2.29. The molecule has 1 atom stereocenters. The first-order chi connectivity index (χ1) is 9.45. The van der Waals surface area contributed by atoms with Crippen LogP contribution in [-0.2, 0) is 6.61 Å². The minimum absolute atomic E-state index is 0.0187. The number of benzene rings is 2. The van der Waals surface area contributed by atoms with Crippen molar-refractivity contribution in [2.24, 2.45) is 0 Å². The molecular weight excluding hydrogens is 330 g/mol. The van der Waals surface area contributed by atoms with E-state index in [4.69, 9.17) is 4.74 Å². The molecule has 0 radical (unpaired) electrons. The maximum absolute atomic E-state index is 13.1. The largest absolute Gasteiger partial charge is 0.488 e. The van der Waals surface area contributed by atoms with Gasteiger partial charge < -0.3 is 9.84 Å². The molecule has 1 unspecified atom stereocenters. The Bertz CT molecular complexity index is 595. The predicted octanol–water partition coefficient (Wildman–Crippen LogP) is 4.36. The van der Waals surface area contributed by atoms with Gasteiger partial charge in [0.15, 0.2) is 0 Å². The lowest BCUT2D eigenvalue weighted by Gasteiger charge is -2.14. The van der Waals surface area contributed by atoms with Crippen molar-refractivity contribution in [2.75, 3.05) is 0 Å². The lowest BCUT2D eigenvalue weighted by atomic mass is 10.1. The molecule has 5 heteroatoms. The standard InChI is InChI=1S/C15H13BrF2O2/c1-9(19)14-3-2-11(16)6-15(14)20-8-10-4-12(17)7-13(18)5-10/h2-7,9,19H,8H2,1H3. The monoisotopic (exact) mass is 342 g/mol. The molecule has 2 rings (SSSR count). The highest BCUT2D eigenvalue weighted by molar-refractivity contribution is 9.10. The van der Waals surface area contributed by atoms with Crippen molar-refractivity contribution < 1.29 is 18.6 Å². The summed E-state index contributed by atoms with van der Waals surface area (Å²) in [5.41, 5.74) is 1.00. The first kappa shape index (κ1) is 14.9. The number of aliphatic hydroxyl groups is 1. The van der Waals surface area contributed by atoms with Crippen molar-refractivity contribution in [3.63, 3.8) is 0 Å². The van der Waals surface area contributed by atoms with Gasteiger partial charge in [-0.05, 0) is 36.8 Å². The van der Waals surface area contributed by atoms with Crippen LogP contribution in [0.4, 0.5) is 8.78 Å². The van der Waals surface area contributed by atoms with E-state index in [9.17, 15) is 13.9 Å². The minimum Gasteiger partial charge on any atom is -0.488 e. The molecule has 0 spiro atoms. The molecule has 0 saturated heterocycles. The van der Waals surface area contributed by atoms with Crippen LogP contribution in [0, 0.1) is 11.6 Å². The summed E-state index contributed by atoms with van der Waals surface area (Å²) in [6.45, 7) is 1.64. The highest BCUT2D eigenvalue weighted by Gasteiger charge is 2.10. The van der Waals surface area contributed by atoms with Crippen LogP contribution in [0.15, 0.2) is 40.9 Å². The Hall–Kier alpha value is -1.46. The molecular formula is C15H13BrF2O2. The van der Waals surface area contributed by atoms with Crippen LogP contribution in [0.3, 0.4) is 0 Å². The van der Waals surface area contributed by atoms with E-state index in [1.54, 1.807) is 25.1 Å². The zero-order valence-corrected chi connectivity index (χ0v) is 12.3. The van der Waals surface area contributed by atoms with Crippen molar-refractivity contribution in [2.45, 2.75) is 19.6 Å². The van der Waals surface area contributed by atoms with Gasteiger partial charge in [-0.3, -0.25) is 0 Å². The second-order valence-corrected chi connectivity index (χ2v) is 5.34. The number of halogens is 3. The highest BCUT2D eigenvalue weighted by atomic mass is 79.9. The van der Waals surface area contributed by atoms with Crippen LogP contribution in [0.25, 0.3) is 0 Å². The first-order valence-electron chi connectivity index (χ1n) is 6.01. The van der Waals surface area contributed by atoms with Crippen LogP contribution in [-0.4, -0.2) is 5.11 Å². The maximum atomic E-state index is 13.1. The van der Waals surface area contributed by atoms with E-state index in [1.165, 1.54) is 12.1 Å². The third-order valence-electron chi connectivity index (χ3n) is 2.74. The lowest BCUT2D eigenvalue weighted by Crippen LogP contribution is -2.02. The van der Waals surface area contributed by atoms with Gasteiger partial charge in [-0.1, -0.05) is 22.0 Å². The van der Waals surface area contributed by atoms with Crippen LogP contribution in [0.5, 0.6) is 5.75 Å². The Labute approximate surface area is 124 Å². The van der Waals surface area contributed by atoms with E-state index < -0.39 is 17.7 Å². The van der Waals surface area contributed by atoms with Crippen molar-refractivity contribution in [3.05, 3.63) is 63.6 Å². The van der Waals surface area contributed by atoms with Crippen LogP contribution in [0.1, 0.15) is 24.2 Å². The number of ether oxygens (including phenoxy) is 1. The van der Waals surface area contributed by atoms with E-state index in [0.29, 0.717) is 16.9 Å². The van der Waals surface area contributed by atoms with Gasteiger partial charge in [-0.15, -0.1) is 0 Å². The minimum atomic E-state index is -0.692. The summed E-state index contributed by atoms with van der Waals surface area (Å²) < 4.78 is 32.5. The van der Waals surface area contributed by atoms with Gasteiger partial charge in [-0.2, -0.15) is 0 Å². The first-order valence-corrected chi connectivity index (χ1v) is 6.80. The van der Waals surface area contributed by atoms with E-state index in [-0.39, 0.29) is 6.61 Å². The second-order valence-electron chi connectivity index (χ2n) is 4.42. The Kier molecular flexibility index (Phi) is 4.73. The summed E-state index contributed by atoms with van der Waals surface area (Å²) in [5.74, 6) is -0.818. The van der Waals surface area contributed by atoms with Crippen molar-refractivity contribution in [1.82, 2.24) is 0 Å². The molecule has 20 heavy (non-hydrogen) atoms.